The fraction of sp³-hybridized carbons (Fsp3) is 0.824. The highest BCUT2D eigenvalue weighted by Crippen LogP contribution is 2.25. The predicted octanol–water partition coefficient (Wildman–Crippen LogP) is 3.54. The molecular formula is C34H59N3O9. The molecule has 0 aromatic rings. The molecule has 6 atom stereocenters. The van der Waals surface area contributed by atoms with Crippen LogP contribution < -0.4 is 0 Å². The number of carbonyl (C=O) groups excluding carboxylic acids is 6. The number of esters is 3. The molecule has 264 valence electrons. The Labute approximate surface area is 275 Å². The Hall–Kier alpha value is -3.18. The second-order valence-corrected chi connectivity index (χ2v) is 14.7. The highest BCUT2D eigenvalue weighted by Gasteiger charge is 2.44. The van der Waals surface area contributed by atoms with Crippen molar-refractivity contribution in [3.05, 3.63) is 0 Å². The van der Waals surface area contributed by atoms with Gasteiger partial charge in [0.2, 0.25) is 0 Å². The third-order valence-electron chi connectivity index (χ3n) is 8.33. The van der Waals surface area contributed by atoms with E-state index in [1.165, 1.54) is 35.8 Å². The van der Waals surface area contributed by atoms with E-state index in [2.05, 4.69) is 0 Å². The summed E-state index contributed by atoms with van der Waals surface area (Å²) in [4.78, 5) is 86.6. The Kier molecular flexibility index (Phi) is 15.2. The minimum atomic E-state index is -1.28. The lowest BCUT2D eigenvalue weighted by molar-refractivity contribution is -0.181. The van der Waals surface area contributed by atoms with Crippen molar-refractivity contribution < 1.29 is 43.0 Å². The average molecular weight is 654 g/mol. The van der Waals surface area contributed by atoms with Crippen LogP contribution in [0, 0.1) is 35.5 Å². The van der Waals surface area contributed by atoms with Crippen LogP contribution in [-0.4, -0.2) is 108 Å². The molecule has 1 aliphatic rings. The lowest BCUT2D eigenvalue weighted by atomic mass is 9.97. The summed E-state index contributed by atoms with van der Waals surface area (Å²) in [7, 11) is 4.32. The number of carbonyl (C=O) groups is 6. The summed E-state index contributed by atoms with van der Waals surface area (Å²) >= 11 is 0. The van der Waals surface area contributed by atoms with Gasteiger partial charge in [0, 0.05) is 21.1 Å². The van der Waals surface area contributed by atoms with Gasteiger partial charge in [-0.2, -0.15) is 0 Å². The molecular weight excluding hydrogens is 594 g/mol. The standard InChI is InChI=1S/C34H59N3O9/c1-17(2)16-23-32(41)44-27(21(9)10)30(39)36(14)25(19(5)6)34(43)46-28(22(11)12)31(40)37(15)24(18(3)4)33(42)45-26(20(7)8)29(38)35(23)13/h17-28H,16H2,1-15H3/t23-,24-,25-,26+,27+,28+/m0/s1. The number of rotatable bonds is 7. The highest BCUT2D eigenvalue weighted by molar-refractivity contribution is 5.94. The normalized spacial score (nSPS) is 27.2. The van der Waals surface area contributed by atoms with Crippen molar-refractivity contribution in [2.45, 2.75) is 126 Å². The summed E-state index contributed by atoms with van der Waals surface area (Å²) in [5.74, 6) is -6.57. The second kappa shape index (κ2) is 17.1. The first-order valence-corrected chi connectivity index (χ1v) is 16.5. The van der Waals surface area contributed by atoms with Crippen LogP contribution in [0.25, 0.3) is 0 Å². The molecule has 3 amide bonds. The first kappa shape index (κ1) is 40.8. The van der Waals surface area contributed by atoms with Gasteiger partial charge in [-0.1, -0.05) is 83.1 Å². The van der Waals surface area contributed by atoms with Crippen molar-refractivity contribution in [3.63, 3.8) is 0 Å². The smallest absolute Gasteiger partial charge is 0.329 e. The molecule has 46 heavy (non-hydrogen) atoms. The number of cyclic esters (lactones) is 3. The number of likely N-dealkylation sites (N-methyl/N-ethyl adjacent to an activating group) is 3. The van der Waals surface area contributed by atoms with Gasteiger partial charge in [-0.05, 0) is 41.9 Å². The van der Waals surface area contributed by atoms with Gasteiger partial charge in [-0.15, -0.1) is 0 Å². The Morgan fingerprint density at radius 1 is 0.457 bits per heavy atom. The first-order valence-electron chi connectivity index (χ1n) is 16.5. The lowest BCUT2D eigenvalue weighted by Crippen LogP contribution is -2.57. The Morgan fingerprint density at radius 3 is 1.00 bits per heavy atom. The maximum atomic E-state index is 13.9. The molecule has 1 fully saturated rings. The van der Waals surface area contributed by atoms with E-state index in [1.807, 2.05) is 13.8 Å². The third-order valence-corrected chi connectivity index (χ3v) is 8.33. The fourth-order valence-electron chi connectivity index (χ4n) is 5.65. The molecule has 1 saturated heterocycles. The molecule has 0 aromatic heterocycles. The molecule has 0 aliphatic carbocycles. The van der Waals surface area contributed by atoms with Gasteiger partial charge in [-0.3, -0.25) is 14.4 Å². The number of hydrogen-bond donors (Lipinski definition) is 0. The maximum Gasteiger partial charge on any atom is 0.329 e. The predicted molar refractivity (Wildman–Crippen MR) is 173 cm³/mol. The quantitative estimate of drug-likeness (QED) is 0.298. The topological polar surface area (TPSA) is 140 Å². The molecule has 0 radical (unpaired) electrons. The molecule has 1 aliphatic heterocycles. The van der Waals surface area contributed by atoms with Crippen molar-refractivity contribution >= 4 is 35.6 Å². The zero-order valence-electron chi connectivity index (χ0n) is 30.7. The van der Waals surface area contributed by atoms with E-state index < -0.39 is 102 Å². The van der Waals surface area contributed by atoms with Gasteiger partial charge in [-0.25, -0.2) is 14.4 Å². The van der Waals surface area contributed by atoms with Crippen LogP contribution in [0.3, 0.4) is 0 Å². The van der Waals surface area contributed by atoms with E-state index in [0.717, 1.165) is 0 Å². The average Bonchev–Trinajstić information content (AvgIpc) is 2.93. The van der Waals surface area contributed by atoms with E-state index in [9.17, 15) is 28.8 Å². The molecule has 0 aromatic carbocycles. The van der Waals surface area contributed by atoms with Crippen LogP contribution in [0.5, 0.6) is 0 Å². The molecule has 0 saturated carbocycles. The van der Waals surface area contributed by atoms with Crippen LogP contribution in [0.2, 0.25) is 0 Å². The summed E-state index contributed by atoms with van der Waals surface area (Å²) in [5.41, 5.74) is 0. The van der Waals surface area contributed by atoms with Crippen molar-refractivity contribution in [2.75, 3.05) is 21.1 Å². The number of nitrogens with zero attached hydrogens (tertiary/aromatic N) is 3. The largest absolute Gasteiger partial charge is 0.450 e. The summed E-state index contributed by atoms with van der Waals surface area (Å²) < 4.78 is 17.5. The van der Waals surface area contributed by atoms with Crippen molar-refractivity contribution in [2.24, 2.45) is 35.5 Å². The van der Waals surface area contributed by atoms with E-state index >= 15 is 0 Å². The Balaban J connectivity index is 3.94. The van der Waals surface area contributed by atoms with Crippen molar-refractivity contribution in [1.29, 1.82) is 0 Å². The van der Waals surface area contributed by atoms with E-state index in [1.54, 1.807) is 69.2 Å². The second-order valence-electron chi connectivity index (χ2n) is 14.7. The highest BCUT2D eigenvalue weighted by atomic mass is 16.6. The molecule has 0 spiro atoms. The lowest BCUT2D eigenvalue weighted by Gasteiger charge is -2.38. The Morgan fingerprint density at radius 2 is 0.739 bits per heavy atom. The molecule has 12 nitrogen and oxygen atoms in total. The van der Waals surface area contributed by atoms with Crippen LogP contribution in [-0.2, 0) is 43.0 Å². The van der Waals surface area contributed by atoms with Gasteiger partial charge in [0.1, 0.15) is 18.1 Å². The molecule has 0 unspecified atom stereocenters. The maximum absolute atomic E-state index is 13.9. The van der Waals surface area contributed by atoms with E-state index in [0.29, 0.717) is 0 Å². The summed E-state index contributed by atoms with van der Waals surface area (Å²) in [6.45, 7) is 21.0. The zero-order chi connectivity index (χ0) is 36.0. The van der Waals surface area contributed by atoms with Gasteiger partial charge < -0.3 is 28.9 Å². The first-order chi connectivity index (χ1) is 21.1. The third kappa shape index (κ3) is 9.91. The molecule has 12 heteroatoms. The SMILES string of the molecule is CC(C)C[C@H]1C(=O)O[C@H](C(C)C)C(=O)N(C)[C@@H](C(C)C)C(=O)O[C@H](C(C)C)C(=O)N(C)[C@@H](C(C)C)C(=O)O[C@H](C(C)C)C(=O)N1C. The minimum Gasteiger partial charge on any atom is -0.450 e. The van der Waals surface area contributed by atoms with E-state index in [-0.39, 0.29) is 12.3 Å². The fourth-order valence-corrected chi connectivity index (χ4v) is 5.65. The minimum absolute atomic E-state index is 0.0411. The van der Waals surface area contributed by atoms with Crippen molar-refractivity contribution in [1.82, 2.24) is 14.7 Å². The summed E-state index contributed by atoms with van der Waals surface area (Å²) in [6, 6.07) is -3.31. The van der Waals surface area contributed by atoms with Crippen LogP contribution in [0.15, 0.2) is 0 Å². The zero-order valence-corrected chi connectivity index (χ0v) is 30.7. The number of ether oxygens (including phenoxy) is 3. The van der Waals surface area contributed by atoms with E-state index in [4.69, 9.17) is 14.2 Å². The molecule has 0 bridgehead atoms. The molecule has 1 heterocycles. The molecule has 1 rings (SSSR count). The van der Waals surface area contributed by atoms with Gasteiger partial charge in [0.05, 0.1) is 0 Å². The number of amides is 3. The molecule has 0 N–H and O–H groups in total. The van der Waals surface area contributed by atoms with Gasteiger partial charge in [0.25, 0.3) is 17.7 Å². The number of hydrogen-bond acceptors (Lipinski definition) is 9. The van der Waals surface area contributed by atoms with Crippen LogP contribution >= 0.6 is 0 Å². The Bertz CT molecular complexity index is 1090. The van der Waals surface area contributed by atoms with Crippen molar-refractivity contribution in [3.8, 4) is 0 Å². The van der Waals surface area contributed by atoms with Crippen LogP contribution in [0.1, 0.15) is 89.5 Å². The monoisotopic (exact) mass is 653 g/mol. The van der Waals surface area contributed by atoms with Gasteiger partial charge >= 0.3 is 17.9 Å². The van der Waals surface area contributed by atoms with Gasteiger partial charge in [0.15, 0.2) is 18.3 Å². The summed E-state index contributed by atoms with van der Waals surface area (Å²) in [5, 5.41) is 0. The summed E-state index contributed by atoms with van der Waals surface area (Å²) in [6.07, 6.45) is -3.61. The van der Waals surface area contributed by atoms with Crippen LogP contribution in [0.4, 0.5) is 0 Å².